The smallest absolute Gasteiger partial charge is 0.259 e. The molecule has 0 saturated carbocycles. The van der Waals surface area contributed by atoms with Gasteiger partial charge in [-0.25, -0.2) is 5.43 Å². The molecule has 0 unspecified atom stereocenters. The lowest BCUT2D eigenvalue weighted by atomic mass is 10.2. The van der Waals surface area contributed by atoms with Crippen LogP contribution >= 0.6 is 39.1 Å². The van der Waals surface area contributed by atoms with E-state index in [1.807, 2.05) is 54.6 Å². The van der Waals surface area contributed by atoms with Crippen LogP contribution in [0.2, 0.25) is 10.0 Å². The fraction of sp³-hybridized carbons (Fsp3) is 0.0909. The molecule has 30 heavy (non-hydrogen) atoms. The highest BCUT2D eigenvalue weighted by Crippen LogP contribution is 2.24. The Hall–Kier alpha value is -2.54. The summed E-state index contributed by atoms with van der Waals surface area (Å²) in [5, 5.41) is 8.16. The highest BCUT2D eigenvalue weighted by atomic mass is 79.9. The van der Waals surface area contributed by atoms with E-state index in [4.69, 9.17) is 27.9 Å². The number of hydrogen-bond donors (Lipinski definition) is 2. The number of ether oxygens (including phenoxy) is 1. The van der Waals surface area contributed by atoms with Crippen LogP contribution in [0.4, 0.5) is 5.69 Å². The summed E-state index contributed by atoms with van der Waals surface area (Å²) in [5.74, 6) is 0.356. The minimum Gasteiger partial charge on any atom is -0.488 e. The molecule has 3 aromatic rings. The molecule has 154 valence electrons. The van der Waals surface area contributed by atoms with Crippen molar-refractivity contribution in [2.45, 2.75) is 6.61 Å². The van der Waals surface area contributed by atoms with Crippen LogP contribution in [0.15, 0.2) is 76.3 Å². The zero-order chi connectivity index (χ0) is 21.3. The summed E-state index contributed by atoms with van der Waals surface area (Å²) in [6.07, 6.45) is 1.54. The number of para-hydroxylation sites is 1. The van der Waals surface area contributed by atoms with Gasteiger partial charge in [-0.2, -0.15) is 5.10 Å². The van der Waals surface area contributed by atoms with Crippen molar-refractivity contribution in [3.63, 3.8) is 0 Å². The number of carbonyl (C=O) groups is 1. The van der Waals surface area contributed by atoms with Crippen molar-refractivity contribution in [2.24, 2.45) is 5.10 Å². The van der Waals surface area contributed by atoms with Crippen LogP contribution in [0, 0.1) is 0 Å². The van der Waals surface area contributed by atoms with E-state index in [-0.39, 0.29) is 19.1 Å². The van der Waals surface area contributed by atoms with E-state index in [0.29, 0.717) is 15.8 Å². The number of halogens is 3. The average molecular weight is 507 g/mol. The van der Waals surface area contributed by atoms with Crippen LogP contribution in [0.3, 0.4) is 0 Å². The van der Waals surface area contributed by atoms with E-state index in [0.717, 1.165) is 21.3 Å². The van der Waals surface area contributed by atoms with Gasteiger partial charge in [0.25, 0.3) is 5.91 Å². The zero-order valence-corrected chi connectivity index (χ0v) is 18.8. The first-order valence-corrected chi connectivity index (χ1v) is 10.5. The van der Waals surface area contributed by atoms with Crippen molar-refractivity contribution < 1.29 is 9.53 Å². The van der Waals surface area contributed by atoms with Gasteiger partial charge in [0.15, 0.2) is 0 Å². The zero-order valence-electron chi connectivity index (χ0n) is 15.7. The van der Waals surface area contributed by atoms with Gasteiger partial charge in [0.1, 0.15) is 12.4 Å². The standard InChI is InChI=1S/C22H18BrCl2N3O2/c23-17-6-9-19(10-7-17)26-13-22(29)28-27-12-15-3-1-2-4-21(15)30-14-16-5-8-18(24)11-20(16)25/h1-12,26H,13-14H2,(H,28,29)/b27-12-. The predicted molar refractivity (Wildman–Crippen MR) is 126 cm³/mol. The molecule has 0 spiro atoms. The molecule has 1 amide bonds. The molecule has 2 N–H and O–H groups in total. The summed E-state index contributed by atoms with van der Waals surface area (Å²) in [4.78, 5) is 12.0. The number of nitrogens with one attached hydrogen (secondary N) is 2. The van der Waals surface area contributed by atoms with Gasteiger partial charge in [-0.3, -0.25) is 4.79 Å². The normalized spacial score (nSPS) is 10.8. The Kier molecular flexibility index (Phi) is 8.13. The number of hydrogen-bond acceptors (Lipinski definition) is 4. The van der Waals surface area contributed by atoms with Crippen LogP contribution in [-0.4, -0.2) is 18.7 Å². The molecule has 8 heteroatoms. The number of nitrogens with zero attached hydrogens (tertiary/aromatic N) is 1. The first kappa shape index (κ1) is 22.2. The van der Waals surface area contributed by atoms with E-state index < -0.39 is 0 Å². The summed E-state index contributed by atoms with van der Waals surface area (Å²) >= 11 is 15.5. The van der Waals surface area contributed by atoms with Crippen LogP contribution in [-0.2, 0) is 11.4 Å². The second-order valence-corrected chi connectivity index (χ2v) is 7.98. The molecular formula is C22H18BrCl2N3O2. The minimum atomic E-state index is -0.263. The Balaban J connectivity index is 1.54. The third-order valence-electron chi connectivity index (χ3n) is 4.01. The third kappa shape index (κ3) is 6.76. The Labute approximate surface area is 193 Å². The maximum Gasteiger partial charge on any atom is 0.259 e. The van der Waals surface area contributed by atoms with Crippen LogP contribution < -0.4 is 15.5 Å². The summed E-state index contributed by atoms with van der Waals surface area (Å²) < 4.78 is 6.84. The molecule has 0 aliphatic carbocycles. The fourth-order valence-corrected chi connectivity index (χ4v) is 3.20. The molecule has 0 aromatic heterocycles. The van der Waals surface area contributed by atoms with Crippen LogP contribution in [0.25, 0.3) is 0 Å². The molecule has 3 rings (SSSR count). The average Bonchev–Trinajstić information content (AvgIpc) is 2.73. The molecule has 3 aromatic carbocycles. The monoisotopic (exact) mass is 505 g/mol. The summed E-state index contributed by atoms with van der Waals surface area (Å²) in [7, 11) is 0. The number of amides is 1. The van der Waals surface area contributed by atoms with Crippen molar-refractivity contribution in [3.05, 3.63) is 92.4 Å². The van der Waals surface area contributed by atoms with Gasteiger partial charge in [-0.1, -0.05) is 57.3 Å². The van der Waals surface area contributed by atoms with Crippen molar-refractivity contribution in [3.8, 4) is 5.75 Å². The van der Waals surface area contributed by atoms with Gasteiger partial charge in [0.2, 0.25) is 0 Å². The van der Waals surface area contributed by atoms with Gasteiger partial charge in [-0.05, 0) is 48.5 Å². The van der Waals surface area contributed by atoms with Crippen molar-refractivity contribution in [1.29, 1.82) is 0 Å². The molecular weight excluding hydrogens is 489 g/mol. The van der Waals surface area contributed by atoms with Crippen molar-refractivity contribution >= 4 is 56.9 Å². The number of benzene rings is 3. The van der Waals surface area contributed by atoms with Crippen molar-refractivity contribution in [2.75, 3.05) is 11.9 Å². The Morgan fingerprint density at radius 1 is 1.07 bits per heavy atom. The largest absolute Gasteiger partial charge is 0.488 e. The molecule has 0 atom stereocenters. The van der Waals surface area contributed by atoms with E-state index in [2.05, 4.69) is 31.8 Å². The van der Waals surface area contributed by atoms with Gasteiger partial charge in [-0.15, -0.1) is 0 Å². The highest BCUT2D eigenvalue weighted by molar-refractivity contribution is 9.10. The van der Waals surface area contributed by atoms with Gasteiger partial charge < -0.3 is 10.1 Å². The fourth-order valence-electron chi connectivity index (χ4n) is 2.48. The molecule has 0 saturated heterocycles. The SMILES string of the molecule is O=C(CNc1ccc(Br)cc1)N/N=C\c1ccccc1OCc1ccc(Cl)cc1Cl. The van der Waals surface area contributed by atoms with E-state index in [1.54, 1.807) is 12.1 Å². The number of rotatable bonds is 8. The molecule has 0 aliphatic heterocycles. The van der Waals surface area contributed by atoms with Gasteiger partial charge >= 0.3 is 0 Å². The maximum absolute atomic E-state index is 12.0. The molecule has 0 aliphatic rings. The molecule has 5 nitrogen and oxygen atoms in total. The number of hydrazone groups is 1. The molecule has 0 radical (unpaired) electrons. The lowest BCUT2D eigenvalue weighted by Crippen LogP contribution is -2.25. The number of anilines is 1. The van der Waals surface area contributed by atoms with Crippen molar-refractivity contribution in [1.82, 2.24) is 5.43 Å². The lowest BCUT2D eigenvalue weighted by molar-refractivity contribution is -0.119. The number of carbonyl (C=O) groups excluding carboxylic acids is 1. The van der Waals surface area contributed by atoms with Crippen LogP contribution in [0.5, 0.6) is 5.75 Å². The van der Waals surface area contributed by atoms with E-state index in [9.17, 15) is 4.79 Å². The quantitative estimate of drug-likeness (QED) is 0.295. The van der Waals surface area contributed by atoms with E-state index in [1.165, 1.54) is 6.21 Å². The summed E-state index contributed by atoms with van der Waals surface area (Å²) in [5.41, 5.74) is 4.89. The van der Waals surface area contributed by atoms with Gasteiger partial charge in [0, 0.05) is 31.3 Å². The molecule has 0 fully saturated rings. The first-order chi connectivity index (χ1) is 14.5. The van der Waals surface area contributed by atoms with Gasteiger partial charge in [0.05, 0.1) is 12.8 Å². The minimum absolute atomic E-state index is 0.103. The molecule has 0 bridgehead atoms. The van der Waals surface area contributed by atoms with Crippen LogP contribution in [0.1, 0.15) is 11.1 Å². The third-order valence-corrected chi connectivity index (χ3v) is 5.12. The Bertz CT molecular complexity index is 1040. The lowest BCUT2D eigenvalue weighted by Gasteiger charge is -2.10. The van der Waals surface area contributed by atoms with E-state index >= 15 is 0 Å². The molecule has 0 heterocycles. The second kappa shape index (κ2) is 11.0. The second-order valence-electron chi connectivity index (χ2n) is 6.22. The summed E-state index contributed by atoms with van der Waals surface area (Å²) in [6.45, 7) is 0.385. The summed E-state index contributed by atoms with van der Waals surface area (Å²) in [6, 6.07) is 20.2. The first-order valence-electron chi connectivity index (χ1n) is 8.98. The maximum atomic E-state index is 12.0. The Morgan fingerprint density at radius 2 is 1.83 bits per heavy atom. The topological polar surface area (TPSA) is 62.7 Å². The Morgan fingerprint density at radius 3 is 2.60 bits per heavy atom. The highest BCUT2D eigenvalue weighted by Gasteiger charge is 2.06. The predicted octanol–water partition coefficient (Wildman–Crippen LogP) is 5.90.